The van der Waals surface area contributed by atoms with E-state index in [0.29, 0.717) is 31.7 Å². The molecular weight excluding hydrogens is 381 g/mol. The molecule has 0 aliphatic carbocycles. The number of rotatable bonds is 4. The molecule has 0 aromatic heterocycles. The molecule has 0 spiro atoms. The summed E-state index contributed by atoms with van der Waals surface area (Å²) in [6.45, 7) is 3.59. The lowest BCUT2D eigenvalue weighted by Crippen LogP contribution is -2.52. The zero-order valence-electron chi connectivity index (χ0n) is 15.8. The third-order valence-corrected chi connectivity index (χ3v) is 5.06. The molecule has 7 heteroatoms. The molecule has 0 radical (unpaired) electrons. The molecule has 1 aliphatic heterocycles. The zero-order valence-corrected chi connectivity index (χ0v) is 16.6. The van der Waals surface area contributed by atoms with E-state index in [4.69, 9.17) is 5.73 Å². The van der Waals surface area contributed by atoms with E-state index in [0.717, 1.165) is 5.56 Å². The first-order chi connectivity index (χ1) is 13.0. The largest absolute Gasteiger partial charge is 0.339 e. The van der Waals surface area contributed by atoms with Crippen LogP contribution in [0.1, 0.15) is 28.9 Å². The van der Waals surface area contributed by atoms with Crippen LogP contribution >= 0.6 is 12.4 Å². The van der Waals surface area contributed by atoms with Crippen LogP contribution in [-0.4, -0.2) is 47.8 Å². The van der Waals surface area contributed by atoms with Gasteiger partial charge >= 0.3 is 0 Å². The highest BCUT2D eigenvalue weighted by atomic mass is 35.5. The van der Waals surface area contributed by atoms with Crippen molar-refractivity contribution in [1.29, 1.82) is 0 Å². The van der Waals surface area contributed by atoms with Gasteiger partial charge in [-0.3, -0.25) is 9.59 Å². The zero-order chi connectivity index (χ0) is 19.4. The summed E-state index contributed by atoms with van der Waals surface area (Å²) < 4.78 is 13.3. The second-order valence-corrected chi connectivity index (χ2v) is 6.85. The van der Waals surface area contributed by atoms with Gasteiger partial charge in [0.2, 0.25) is 5.91 Å². The fourth-order valence-electron chi connectivity index (χ4n) is 3.34. The number of halogens is 2. The van der Waals surface area contributed by atoms with Gasteiger partial charge in [-0.25, -0.2) is 4.39 Å². The normalized spacial score (nSPS) is 16.1. The van der Waals surface area contributed by atoms with Gasteiger partial charge in [-0.05, 0) is 23.8 Å². The molecule has 28 heavy (non-hydrogen) atoms. The highest BCUT2D eigenvalue weighted by Gasteiger charge is 2.30. The minimum atomic E-state index is -0.432. The van der Waals surface area contributed by atoms with Crippen LogP contribution in [0.15, 0.2) is 54.6 Å². The Bertz CT molecular complexity index is 810. The Morgan fingerprint density at radius 1 is 0.964 bits per heavy atom. The molecule has 1 saturated heterocycles. The summed E-state index contributed by atoms with van der Waals surface area (Å²) in [6, 6.07) is 14.9. The van der Waals surface area contributed by atoms with Crippen LogP contribution in [0.2, 0.25) is 0 Å². The van der Waals surface area contributed by atoms with E-state index in [1.54, 1.807) is 15.9 Å². The molecule has 2 amide bonds. The van der Waals surface area contributed by atoms with Crippen molar-refractivity contribution in [2.45, 2.75) is 13.0 Å². The molecule has 3 rings (SSSR count). The number of nitrogens with zero attached hydrogens (tertiary/aromatic N) is 2. The molecule has 2 aromatic rings. The summed E-state index contributed by atoms with van der Waals surface area (Å²) in [5.74, 6) is -1.00. The second kappa shape index (κ2) is 9.66. The summed E-state index contributed by atoms with van der Waals surface area (Å²) in [5, 5.41) is 0. The van der Waals surface area contributed by atoms with E-state index in [1.165, 1.54) is 18.2 Å². The highest BCUT2D eigenvalue weighted by Crippen LogP contribution is 2.22. The predicted octanol–water partition coefficient (Wildman–Crippen LogP) is 2.87. The van der Waals surface area contributed by atoms with Crippen molar-refractivity contribution in [1.82, 2.24) is 9.80 Å². The molecule has 2 aromatic carbocycles. The lowest BCUT2D eigenvalue weighted by Gasteiger charge is -2.37. The number of hydrogen-bond acceptors (Lipinski definition) is 3. The van der Waals surface area contributed by atoms with E-state index >= 15 is 0 Å². The lowest BCUT2D eigenvalue weighted by molar-refractivity contribution is -0.137. The smallest absolute Gasteiger partial charge is 0.254 e. The number of amides is 2. The fourth-order valence-corrected chi connectivity index (χ4v) is 3.34. The van der Waals surface area contributed by atoms with Crippen LogP contribution in [0, 0.1) is 11.7 Å². The molecule has 0 saturated carbocycles. The van der Waals surface area contributed by atoms with Crippen LogP contribution in [0.3, 0.4) is 0 Å². The Balaban J connectivity index is 0.00000280. The Labute approximate surface area is 170 Å². The van der Waals surface area contributed by atoms with Gasteiger partial charge in [0, 0.05) is 37.8 Å². The first-order valence-corrected chi connectivity index (χ1v) is 9.11. The Morgan fingerprint density at radius 2 is 1.57 bits per heavy atom. The standard InChI is InChI=1S/C21H24FN3O2.ClH/c1-15(19(23)16-6-3-2-4-7-16)20(26)24-10-12-25(13-11-24)21(27)17-8-5-9-18(22)14-17;/h2-9,14-15,19H,10-13,23H2,1H3;1H. The van der Waals surface area contributed by atoms with Gasteiger partial charge in [-0.2, -0.15) is 0 Å². The van der Waals surface area contributed by atoms with Gasteiger partial charge in [-0.15, -0.1) is 12.4 Å². The molecule has 150 valence electrons. The Kier molecular flexibility index (Phi) is 7.54. The Hall–Kier alpha value is -2.44. The van der Waals surface area contributed by atoms with E-state index in [2.05, 4.69) is 0 Å². The maximum atomic E-state index is 13.3. The summed E-state index contributed by atoms with van der Waals surface area (Å²) in [5.41, 5.74) is 7.52. The van der Waals surface area contributed by atoms with E-state index in [9.17, 15) is 14.0 Å². The van der Waals surface area contributed by atoms with Crippen LogP contribution < -0.4 is 5.73 Å². The van der Waals surface area contributed by atoms with Gasteiger partial charge in [0.05, 0.1) is 5.92 Å². The van der Waals surface area contributed by atoms with Crippen LogP contribution in [0.4, 0.5) is 4.39 Å². The highest BCUT2D eigenvalue weighted by molar-refractivity contribution is 5.94. The monoisotopic (exact) mass is 405 g/mol. The number of hydrogen-bond donors (Lipinski definition) is 1. The number of piperazine rings is 1. The van der Waals surface area contributed by atoms with Crippen LogP contribution in [-0.2, 0) is 4.79 Å². The van der Waals surface area contributed by atoms with Crippen molar-refractivity contribution >= 4 is 24.2 Å². The average molecular weight is 406 g/mol. The van der Waals surface area contributed by atoms with Crippen molar-refractivity contribution in [3.8, 4) is 0 Å². The topological polar surface area (TPSA) is 66.6 Å². The first kappa shape index (κ1) is 21.9. The summed E-state index contributed by atoms with van der Waals surface area (Å²) in [4.78, 5) is 28.7. The maximum absolute atomic E-state index is 13.3. The van der Waals surface area contributed by atoms with Crippen molar-refractivity contribution in [3.63, 3.8) is 0 Å². The van der Waals surface area contributed by atoms with E-state index < -0.39 is 5.82 Å². The molecule has 1 aliphatic rings. The van der Waals surface area contributed by atoms with Gasteiger partial charge in [-0.1, -0.05) is 43.3 Å². The van der Waals surface area contributed by atoms with Crippen LogP contribution in [0.25, 0.3) is 0 Å². The summed E-state index contributed by atoms with van der Waals surface area (Å²) >= 11 is 0. The van der Waals surface area contributed by atoms with Gasteiger partial charge < -0.3 is 15.5 Å². The average Bonchev–Trinajstić information content (AvgIpc) is 2.72. The maximum Gasteiger partial charge on any atom is 0.254 e. The molecular formula is C21H25ClFN3O2. The summed E-state index contributed by atoms with van der Waals surface area (Å²) in [7, 11) is 0. The predicted molar refractivity (Wildman–Crippen MR) is 109 cm³/mol. The number of carbonyl (C=O) groups excluding carboxylic acids is 2. The minimum Gasteiger partial charge on any atom is -0.339 e. The van der Waals surface area contributed by atoms with Gasteiger partial charge in [0.1, 0.15) is 5.82 Å². The third kappa shape index (κ3) is 4.88. The molecule has 2 unspecified atom stereocenters. The lowest BCUT2D eigenvalue weighted by atomic mass is 9.94. The van der Waals surface area contributed by atoms with E-state index in [1.807, 2.05) is 37.3 Å². The summed E-state index contributed by atoms with van der Waals surface area (Å²) in [6.07, 6.45) is 0. The molecule has 1 fully saturated rings. The van der Waals surface area contributed by atoms with Crippen molar-refractivity contribution < 1.29 is 14.0 Å². The molecule has 2 atom stereocenters. The van der Waals surface area contributed by atoms with Gasteiger partial charge in [0.25, 0.3) is 5.91 Å². The van der Waals surface area contributed by atoms with Crippen molar-refractivity contribution in [3.05, 3.63) is 71.5 Å². The van der Waals surface area contributed by atoms with Gasteiger partial charge in [0.15, 0.2) is 0 Å². The first-order valence-electron chi connectivity index (χ1n) is 9.11. The third-order valence-electron chi connectivity index (χ3n) is 5.06. The molecule has 2 N–H and O–H groups in total. The Morgan fingerprint density at radius 3 is 2.18 bits per heavy atom. The molecule has 0 bridgehead atoms. The molecule has 5 nitrogen and oxygen atoms in total. The SMILES string of the molecule is CC(C(=O)N1CCN(C(=O)c2cccc(F)c2)CC1)C(N)c1ccccc1.Cl. The second-order valence-electron chi connectivity index (χ2n) is 6.85. The minimum absolute atomic E-state index is 0. The van der Waals surface area contributed by atoms with Crippen molar-refractivity contribution in [2.24, 2.45) is 11.7 Å². The van der Waals surface area contributed by atoms with Crippen LogP contribution in [0.5, 0.6) is 0 Å². The quantitative estimate of drug-likeness (QED) is 0.850. The number of nitrogens with two attached hydrogens (primary N) is 1. The van der Waals surface area contributed by atoms with Crippen molar-refractivity contribution in [2.75, 3.05) is 26.2 Å². The number of carbonyl (C=O) groups is 2. The molecule has 1 heterocycles. The fraction of sp³-hybridized carbons (Fsp3) is 0.333. The van der Waals surface area contributed by atoms with E-state index in [-0.39, 0.29) is 36.2 Å². The number of benzene rings is 2.